The summed E-state index contributed by atoms with van der Waals surface area (Å²) in [6, 6.07) is 15.0. The number of anilines is 1. The Bertz CT molecular complexity index is 1050. The first kappa shape index (κ1) is 20.1. The summed E-state index contributed by atoms with van der Waals surface area (Å²) in [6.07, 6.45) is 0.744. The summed E-state index contributed by atoms with van der Waals surface area (Å²) < 4.78 is 0. The Balaban J connectivity index is 1.32. The summed E-state index contributed by atoms with van der Waals surface area (Å²) in [4.78, 5) is 33.0. The van der Waals surface area contributed by atoms with Crippen LogP contribution in [0.4, 0.5) is 5.69 Å². The molecule has 6 heteroatoms. The maximum absolute atomic E-state index is 12.6. The Morgan fingerprint density at radius 3 is 2.47 bits per heavy atom. The van der Waals surface area contributed by atoms with Crippen molar-refractivity contribution in [3.63, 3.8) is 0 Å². The van der Waals surface area contributed by atoms with E-state index in [0.717, 1.165) is 29.0 Å². The summed E-state index contributed by atoms with van der Waals surface area (Å²) in [5.74, 6) is 0.441. The Morgan fingerprint density at radius 2 is 1.80 bits per heavy atom. The highest BCUT2D eigenvalue weighted by molar-refractivity contribution is 5.97. The molecule has 0 saturated heterocycles. The number of imidazole rings is 1. The topological polar surface area (TPSA) is 86.9 Å². The fourth-order valence-corrected chi connectivity index (χ4v) is 3.63. The molecular weight excluding hydrogens is 376 g/mol. The summed E-state index contributed by atoms with van der Waals surface area (Å²) in [7, 11) is 0. The number of nitrogens with zero attached hydrogens (tertiary/aromatic N) is 1. The van der Waals surface area contributed by atoms with Crippen molar-refractivity contribution < 1.29 is 9.59 Å². The zero-order valence-electron chi connectivity index (χ0n) is 17.8. The summed E-state index contributed by atoms with van der Waals surface area (Å²) in [5.41, 5.74) is 3.87. The van der Waals surface area contributed by atoms with Gasteiger partial charge in [-0.25, -0.2) is 4.98 Å². The van der Waals surface area contributed by atoms with Crippen molar-refractivity contribution in [2.24, 2.45) is 5.92 Å². The number of carbonyl (C=O) groups is 2. The molecule has 6 nitrogen and oxygen atoms in total. The zero-order chi connectivity index (χ0) is 21.5. The van der Waals surface area contributed by atoms with E-state index in [4.69, 9.17) is 0 Å². The van der Waals surface area contributed by atoms with Crippen LogP contribution in [-0.4, -0.2) is 27.8 Å². The predicted octanol–water partition coefficient (Wildman–Crippen LogP) is 4.11. The molecule has 2 aromatic carbocycles. The second kappa shape index (κ2) is 7.59. The lowest BCUT2D eigenvalue weighted by Gasteiger charge is -2.19. The Kier molecular flexibility index (Phi) is 5.10. The number of amides is 2. The lowest BCUT2D eigenvalue weighted by atomic mass is 9.87. The van der Waals surface area contributed by atoms with E-state index in [1.807, 2.05) is 48.5 Å². The van der Waals surface area contributed by atoms with Crippen LogP contribution in [0.1, 0.15) is 51.4 Å². The first-order chi connectivity index (χ1) is 14.2. The average molecular weight is 405 g/mol. The van der Waals surface area contributed by atoms with Crippen molar-refractivity contribution in [2.45, 2.75) is 51.5 Å². The van der Waals surface area contributed by atoms with Crippen LogP contribution < -0.4 is 10.6 Å². The minimum Gasteiger partial charge on any atom is -0.344 e. The molecule has 1 aliphatic carbocycles. The van der Waals surface area contributed by atoms with Crippen LogP contribution in [-0.2, 0) is 15.0 Å². The van der Waals surface area contributed by atoms with Crippen molar-refractivity contribution in [1.29, 1.82) is 0 Å². The Labute approximate surface area is 176 Å². The van der Waals surface area contributed by atoms with Gasteiger partial charge in [0.15, 0.2) is 0 Å². The van der Waals surface area contributed by atoms with E-state index < -0.39 is 6.04 Å². The number of nitrogens with one attached hydrogen (secondary N) is 3. The van der Waals surface area contributed by atoms with Gasteiger partial charge in [-0.05, 0) is 48.6 Å². The van der Waals surface area contributed by atoms with Crippen molar-refractivity contribution >= 4 is 28.5 Å². The molecule has 156 valence electrons. The van der Waals surface area contributed by atoms with Crippen LogP contribution in [0, 0.1) is 5.92 Å². The third-order valence-corrected chi connectivity index (χ3v) is 5.66. The predicted molar refractivity (Wildman–Crippen MR) is 118 cm³/mol. The lowest BCUT2D eigenvalue weighted by molar-refractivity contribution is -0.127. The maximum Gasteiger partial charge on any atom is 0.246 e. The highest BCUT2D eigenvalue weighted by Crippen LogP contribution is 2.46. The summed E-state index contributed by atoms with van der Waals surface area (Å²) >= 11 is 0. The van der Waals surface area contributed by atoms with E-state index in [1.165, 1.54) is 5.56 Å². The molecule has 4 rings (SSSR count). The van der Waals surface area contributed by atoms with E-state index in [1.54, 1.807) is 6.92 Å². The highest BCUT2D eigenvalue weighted by atomic mass is 16.2. The van der Waals surface area contributed by atoms with Crippen molar-refractivity contribution in [3.05, 3.63) is 59.9 Å². The largest absolute Gasteiger partial charge is 0.344 e. The van der Waals surface area contributed by atoms with Gasteiger partial charge in [-0.2, -0.15) is 0 Å². The first-order valence-electron chi connectivity index (χ1n) is 10.4. The van der Waals surface area contributed by atoms with Crippen LogP contribution in [0.3, 0.4) is 0 Å². The smallest absolute Gasteiger partial charge is 0.246 e. The van der Waals surface area contributed by atoms with E-state index in [9.17, 15) is 9.59 Å². The summed E-state index contributed by atoms with van der Waals surface area (Å²) in [6.45, 7) is 8.15. The fraction of sp³-hybridized carbons (Fsp3) is 0.375. The second-order valence-corrected chi connectivity index (χ2v) is 9.13. The van der Waals surface area contributed by atoms with Crippen LogP contribution in [0.5, 0.6) is 0 Å². The molecule has 1 heterocycles. The minimum absolute atomic E-state index is 0.0600. The fourth-order valence-electron chi connectivity index (χ4n) is 3.63. The van der Waals surface area contributed by atoms with Crippen LogP contribution in [0.2, 0.25) is 0 Å². The van der Waals surface area contributed by atoms with Gasteiger partial charge >= 0.3 is 0 Å². The number of carbonyl (C=O) groups excluding carboxylic acids is 2. The SMILES string of the molecule is CC(NC(=O)[C@@H]1C[C@H]1c1nc2ccccc2[nH]1)C(=O)Nc1ccc(C(C)(C)C)cc1. The van der Waals surface area contributed by atoms with E-state index in [0.29, 0.717) is 0 Å². The van der Waals surface area contributed by atoms with Crippen LogP contribution in [0.25, 0.3) is 11.0 Å². The van der Waals surface area contributed by atoms with Gasteiger partial charge in [0.2, 0.25) is 11.8 Å². The van der Waals surface area contributed by atoms with Crippen LogP contribution in [0.15, 0.2) is 48.5 Å². The molecule has 0 radical (unpaired) electrons. The van der Waals surface area contributed by atoms with Gasteiger partial charge in [0.25, 0.3) is 0 Å². The monoisotopic (exact) mass is 404 g/mol. The minimum atomic E-state index is -0.614. The molecule has 1 fully saturated rings. The van der Waals surface area contributed by atoms with Gasteiger partial charge in [0, 0.05) is 17.5 Å². The zero-order valence-corrected chi connectivity index (χ0v) is 17.8. The van der Waals surface area contributed by atoms with Crippen molar-refractivity contribution in [2.75, 3.05) is 5.32 Å². The molecule has 3 N–H and O–H groups in total. The van der Waals surface area contributed by atoms with Crippen LogP contribution >= 0.6 is 0 Å². The van der Waals surface area contributed by atoms with E-state index in [2.05, 4.69) is 41.4 Å². The number of benzene rings is 2. The Hall–Kier alpha value is -3.15. The molecule has 30 heavy (non-hydrogen) atoms. The van der Waals surface area contributed by atoms with Gasteiger partial charge < -0.3 is 15.6 Å². The highest BCUT2D eigenvalue weighted by Gasteiger charge is 2.46. The normalized spacial score (nSPS) is 19.3. The molecule has 3 aromatic rings. The molecule has 3 atom stereocenters. The molecular formula is C24H28N4O2. The number of aromatic amines is 1. The number of H-pyrrole nitrogens is 1. The van der Waals surface area contributed by atoms with Gasteiger partial charge in [-0.15, -0.1) is 0 Å². The number of hydrogen-bond acceptors (Lipinski definition) is 3. The van der Waals surface area contributed by atoms with E-state index >= 15 is 0 Å². The van der Waals surface area contributed by atoms with Gasteiger partial charge in [0.05, 0.1) is 11.0 Å². The second-order valence-electron chi connectivity index (χ2n) is 9.13. The molecule has 2 amide bonds. The number of fused-ring (bicyclic) bond motifs is 1. The molecule has 1 aromatic heterocycles. The average Bonchev–Trinajstić information content (AvgIpc) is 3.39. The summed E-state index contributed by atoms with van der Waals surface area (Å²) in [5, 5.41) is 5.71. The van der Waals surface area contributed by atoms with E-state index in [-0.39, 0.29) is 29.1 Å². The molecule has 1 unspecified atom stereocenters. The number of para-hydroxylation sites is 2. The van der Waals surface area contributed by atoms with Crippen molar-refractivity contribution in [3.8, 4) is 0 Å². The van der Waals surface area contributed by atoms with Gasteiger partial charge in [-0.3, -0.25) is 9.59 Å². The third kappa shape index (κ3) is 4.22. The first-order valence-corrected chi connectivity index (χ1v) is 10.4. The molecule has 0 spiro atoms. The maximum atomic E-state index is 12.6. The quantitative estimate of drug-likeness (QED) is 0.598. The lowest BCUT2D eigenvalue weighted by Crippen LogP contribution is -2.42. The number of hydrogen-bond donors (Lipinski definition) is 3. The number of rotatable bonds is 5. The van der Waals surface area contributed by atoms with Crippen molar-refractivity contribution in [1.82, 2.24) is 15.3 Å². The molecule has 0 aliphatic heterocycles. The van der Waals surface area contributed by atoms with Gasteiger partial charge in [0.1, 0.15) is 11.9 Å². The molecule has 0 bridgehead atoms. The third-order valence-electron chi connectivity index (χ3n) is 5.66. The Morgan fingerprint density at radius 1 is 1.10 bits per heavy atom. The molecule has 1 aliphatic rings. The number of aromatic nitrogens is 2. The molecule has 1 saturated carbocycles. The standard InChI is InChI=1S/C24H28N4O2/c1-14(22(29)26-16-11-9-15(10-12-16)24(2,3)4)25-23(30)18-13-17(18)21-27-19-7-5-6-8-20(19)28-21/h5-12,14,17-18H,13H2,1-4H3,(H,25,30)(H,26,29)(H,27,28)/t14?,17-,18-/m1/s1. The van der Waals surface area contributed by atoms with Gasteiger partial charge in [-0.1, -0.05) is 45.0 Å².